The number of rotatable bonds is 2. The van der Waals surface area contributed by atoms with Crippen molar-refractivity contribution >= 4 is 54.5 Å². The average Bonchev–Trinajstić information content (AvgIpc) is 2.32. The van der Waals surface area contributed by atoms with Crippen LogP contribution in [0.4, 0.5) is 0 Å². The van der Waals surface area contributed by atoms with Crippen LogP contribution in [0.2, 0.25) is 0 Å². The zero-order chi connectivity index (χ0) is 12.4. The van der Waals surface area contributed by atoms with Crippen molar-refractivity contribution in [3.05, 3.63) is 66.1 Å². The number of nitrogens with two attached hydrogens (primary N) is 1. The third kappa shape index (κ3) is 3.30. The molecule has 4 heteroatoms. The minimum Gasteiger partial charge on any atom is -0.320 e. The molecule has 0 aliphatic heterocycles. The Morgan fingerprint density at radius 3 is 2.29 bits per heavy atom. The molecule has 0 spiro atoms. The molecule has 1 atom stereocenters. The highest BCUT2D eigenvalue weighted by atomic mass is 127. The van der Waals surface area contributed by atoms with Crippen LogP contribution in [0.3, 0.4) is 0 Å². The van der Waals surface area contributed by atoms with Crippen molar-refractivity contribution in [3.63, 3.8) is 0 Å². The summed E-state index contributed by atoms with van der Waals surface area (Å²) in [5, 5.41) is 0. The fourth-order valence-corrected chi connectivity index (χ4v) is 2.83. The smallest absolute Gasteiger partial charge is 0.0563 e. The molecular weight excluding hydrogens is 457 g/mol. The first-order chi connectivity index (χ1) is 8.08. The normalized spacial score (nSPS) is 12.5. The average molecular weight is 467 g/mol. The molecule has 0 amide bonds. The summed E-state index contributed by atoms with van der Waals surface area (Å²) in [6, 6.07) is 14.2. The Balaban J connectivity index is 2.39. The van der Waals surface area contributed by atoms with Crippen LogP contribution in [-0.2, 0) is 0 Å². The van der Waals surface area contributed by atoms with Crippen molar-refractivity contribution in [1.82, 2.24) is 0 Å². The molecule has 2 aromatic carbocycles. The second-order valence-corrected chi connectivity index (χ2v) is 6.71. The summed E-state index contributed by atoms with van der Waals surface area (Å²) in [4.78, 5) is 0. The van der Waals surface area contributed by atoms with Gasteiger partial charge in [-0.25, -0.2) is 0 Å². The Bertz CT molecular complexity index is 525. The lowest BCUT2D eigenvalue weighted by atomic mass is 10.00. The van der Waals surface area contributed by atoms with Crippen LogP contribution >= 0.6 is 54.5 Å². The molecule has 0 aliphatic carbocycles. The molecule has 1 unspecified atom stereocenters. The lowest BCUT2D eigenvalue weighted by Crippen LogP contribution is -2.12. The molecule has 0 fully saturated rings. The van der Waals surface area contributed by atoms with Crippen molar-refractivity contribution in [2.24, 2.45) is 5.73 Å². The SMILES string of the molecule is NC(c1ccc(I)cc1)c1cc(Br)ccc1Br. The fourth-order valence-electron chi connectivity index (χ4n) is 1.60. The number of hydrogen-bond acceptors (Lipinski definition) is 1. The molecule has 2 aromatic rings. The summed E-state index contributed by atoms with van der Waals surface area (Å²) in [6.45, 7) is 0. The Kier molecular flexibility index (Phi) is 4.63. The van der Waals surface area contributed by atoms with Gasteiger partial charge in [0.05, 0.1) is 6.04 Å². The van der Waals surface area contributed by atoms with E-state index in [1.807, 2.05) is 18.2 Å². The predicted octanol–water partition coefficient (Wildman–Crippen LogP) is 4.86. The van der Waals surface area contributed by atoms with Gasteiger partial charge in [-0.2, -0.15) is 0 Å². The molecule has 17 heavy (non-hydrogen) atoms. The Morgan fingerprint density at radius 2 is 1.65 bits per heavy atom. The van der Waals surface area contributed by atoms with E-state index in [-0.39, 0.29) is 6.04 Å². The maximum Gasteiger partial charge on any atom is 0.0563 e. The van der Waals surface area contributed by atoms with Crippen LogP contribution in [0.15, 0.2) is 51.4 Å². The highest BCUT2D eigenvalue weighted by Gasteiger charge is 2.12. The highest BCUT2D eigenvalue weighted by molar-refractivity contribution is 14.1. The van der Waals surface area contributed by atoms with Gasteiger partial charge in [0.1, 0.15) is 0 Å². The van der Waals surface area contributed by atoms with Crippen LogP contribution in [0.5, 0.6) is 0 Å². The van der Waals surface area contributed by atoms with Gasteiger partial charge in [-0.3, -0.25) is 0 Å². The second-order valence-electron chi connectivity index (χ2n) is 3.70. The Labute approximate surface area is 131 Å². The van der Waals surface area contributed by atoms with Gasteiger partial charge < -0.3 is 5.73 Å². The molecule has 2 rings (SSSR count). The van der Waals surface area contributed by atoms with E-state index in [0.29, 0.717) is 0 Å². The molecule has 0 radical (unpaired) electrons. The van der Waals surface area contributed by atoms with Gasteiger partial charge in [-0.05, 0) is 64.0 Å². The third-order valence-electron chi connectivity index (χ3n) is 2.52. The summed E-state index contributed by atoms with van der Waals surface area (Å²) in [5.74, 6) is 0. The highest BCUT2D eigenvalue weighted by Crippen LogP contribution is 2.29. The molecule has 0 saturated heterocycles. The first-order valence-electron chi connectivity index (χ1n) is 5.04. The molecular formula is C13H10Br2IN. The third-order valence-corrected chi connectivity index (χ3v) is 4.46. The Hall–Kier alpha value is 0.0900. The number of benzene rings is 2. The quantitative estimate of drug-likeness (QED) is 0.628. The van der Waals surface area contributed by atoms with Crippen LogP contribution in [-0.4, -0.2) is 0 Å². The van der Waals surface area contributed by atoms with Crippen LogP contribution < -0.4 is 5.73 Å². The molecule has 0 bridgehead atoms. The van der Waals surface area contributed by atoms with Crippen molar-refractivity contribution in [3.8, 4) is 0 Å². The Morgan fingerprint density at radius 1 is 1.00 bits per heavy atom. The van der Waals surface area contributed by atoms with E-state index in [0.717, 1.165) is 20.1 Å². The fraction of sp³-hybridized carbons (Fsp3) is 0.0769. The van der Waals surface area contributed by atoms with E-state index >= 15 is 0 Å². The summed E-state index contributed by atoms with van der Waals surface area (Å²) in [5.41, 5.74) is 8.48. The van der Waals surface area contributed by atoms with Gasteiger partial charge in [-0.1, -0.05) is 44.0 Å². The number of hydrogen-bond donors (Lipinski definition) is 1. The molecule has 0 aliphatic rings. The van der Waals surface area contributed by atoms with Gasteiger partial charge in [0, 0.05) is 12.5 Å². The summed E-state index contributed by atoms with van der Waals surface area (Å²) < 4.78 is 3.29. The minimum atomic E-state index is -0.112. The minimum absolute atomic E-state index is 0.112. The van der Waals surface area contributed by atoms with E-state index in [1.54, 1.807) is 0 Å². The summed E-state index contributed by atoms with van der Waals surface area (Å²) in [6.07, 6.45) is 0. The van der Waals surface area contributed by atoms with Gasteiger partial charge in [0.2, 0.25) is 0 Å². The van der Waals surface area contributed by atoms with Crippen LogP contribution in [0, 0.1) is 3.57 Å². The molecule has 2 N–H and O–H groups in total. The monoisotopic (exact) mass is 465 g/mol. The first-order valence-corrected chi connectivity index (χ1v) is 7.70. The van der Waals surface area contributed by atoms with Crippen molar-refractivity contribution in [1.29, 1.82) is 0 Å². The maximum absolute atomic E-state index is 6.28. The zero-order valence-electron chi connectivity index (χ0n) is 8.83. The summed E-state index contributed by atoms with van der Waals surface area (Å²) >= 11 is 9.30. The lowest BCUT2D eigenvalue weighted by Gasteiger charge is -2.15. The topological polar surface area (TPSA) is 26.0 Å². The number of halogens is 3. The van der Waals surface area contributed by atoms with E-state index in [4.69, 9.17) is 5.73 Å². The van der Waals surface area contributed by atoms with Crippen molar-refractivity contribution in [2.75, 3.05) is 0 Å². The van der Waals surface area contributed by atoms with Crippen LogP contribution in [0.1, 0.15) is 17.2 Å². The van der Waals surface area contributed by atoms with Crippen LogP contribution in [0.25, 0.3) is 0 Å². The molecule has 1 nitrogen and oxygen atoms in total. The van der Waals surface area contributed by atoms with Gasteiger partial charge in [0.25, 0.3) is 0 Å². The molecule has 0 heterocycles. The second kappa shape index (κ2) is 5.82. The maximum atomic E-state index is 6.28. The molecule has 0 saturated carbocycles. The van der Waals surface area contributed by atoms with Gasteiger partial charge in [0.15, 0.2) is 0 Å². The molecule has 0 aromatic heterocycles. The van der Waals surface area contributed by atoms with E-state index in [2.05, 4.69) is 78.7 Å². The largest absolute Gasteiger partial charge is 0.320 e. The van der Waals surface area contributed by atoms with Gasteiger partial charge in [-0.15, -0.1) is 0 Å². The lowest BCUT2D eigenvalue weighted by molar-refractivity contribution is 0.864. The zero-order valence-corrected chi connectivity index (χ0v) is 14.2. The van der Waals surface area contributed by atoms with Gasteiger partial charge >= 0.3 is 0 Å². The van der Waals surface area contributed by atoms with Crippen molar-refractivity contribution in [2.45, 2.75) is 6.04 Å². The first kappa shape index (κ1) is 13.5. The summed E-state index contributed by atoms with van der Waals surface area (Å²) in [7, 11) is 0. The van der Waals surface area contributed by atoms with Crippen molar-refractivity contribution < 1.29 is 0 Å². The molecule has 88 valence electrons. The van der Waals surface area contributed by atoms with E-state index < -0.39 is 0 Å². The standard InChI is InChI=1S/C13H10Br2IN/c14-9-3-6-12(15)11(7-9)13(17)8-1-4-10(16)5-2-8/h1-7,13H,17H2. The van der Waals surface area contributed by atoms with E-state index in [9.17, 15) is 0 Å². The predicted molar refractivity (Wildman–Crippen MR) is 87.0 cm³/mol. The van der Waals surface area contributed by atoms with E-state index in [1.165, 1.54) is 3.57 Å².